The molecule has 17 heavy (non-hydrogen) atoms. The first-order chi connectivity index (χ1) is 8.16. The highest BCUT2D eigenvalue weighted by molar-refractivity contribution is 5.99. The molecule has 1 amide bonds. The highest BCUT2D eigenvalue weighted by Gasteiger charge is 2.12. The number of ketones is 1. The lowest BCUT2D eigenvalue weighted by atomic mass is 9.90. The molecule has 0 saturated heterocycles. The molecule has 0 aliphatic heterocycles. The van der Waals surface area contributed by atoms with Gasteiger partial charge in [-0.25, -0.2) is 0 Å². The first-order valence-corrected chi connectivity index (χ1v) is 6.06. The fraction of sp³-hybridized carbons (Fsp3) is 0.429. The van der Waals surface area contributed by atoms with E-state index in [2.05, 4.69) is 11.4 Å². The number of Topliss-reactive ketones (excluding diaryl/α,β-unsaturated/α-hetero) is 1. The van der Waals surface area contributed by atoms with Gasteiger partial charge >= 0.3 is 0 Å². The summed E-state index contributed by atoms with van der Waals surface area (Å²) < 4.78 is 0. The zero-order valence-corrected chi connectivity index (χ0v) is 10.1. The second kappa shape index (κ2) is 5.13. The van der Waals surface area contributed by atoms with Crippen molar-refractivity contribution in [3.8, 4) is 0 Å². The zero-order valence-electron chi connectivity index (χ0n) is 10.1. The number of aryl methyl sites for hydroxylation is 2. The Labute approximate surface area is 101 Å². The first kappa shape index (κ1) is 11.8. The van der Waals surface area contributed by atoms with E-state index >= 15 is 0 Å². The average Bonchev–Trinajstić information content (AvgIpc) is 2.35. The number of amides is 1. The number of rotatable bonds is 3. The fourth-order valence-electron chi connectivity index (χ4n) is 2.21. The minimum absolute atomic E-state index is 0.0198. The number of benzene rings is 1. The zero-order chi connectivity index (χ0) is 12.3. The Kier molecular flexibility index (Phi) is 3.57. The highest BCUT2D eigenvalue weighted by atomic mass is 16.2. The van der Waals surface area contributed by atoms with E-state index < -0.39 is 0 Å². The first-order valence-electron chi connectivity index (χ1n) is 6.06. The summed E-state index contributed by atoms with van der Waals surface area (Å²) >= 11 is 0. The third kappa shape index (κ3) is 2.93. The summed E-state index contributed by atoms with van der Waals surface area (Å²) in [7, 11) is 0. The molecule has 0 radical (unpaired) electrons. The topological polar surface area (TPSA) is 46.2 Å². The van der Waals surface area contributed by atoms with E-state index in [1.807, 2.05) is 12.1 Å². The van der Waals surface area contributed by atoms with Crippen LogP contribution in [-0.2, 0) is 17.6 Å². The molecule has 1 aromatic rings. The van der Waals surface area contributed by atoms with Gasteiger partial charge in [0.2, 0.25) is 5.91 Å². The van der Waals surface area contributed by atoms with E-state index in [0.717, 1.165) is 12.8 Å². The number of nitrogens with one attached hydrogen (secondary N) is 1. The van der Waals surface area contributed by atoms with Crippen molar-refractivity contribution in [1.82, 2.24) is 5.32 Å². The van der Waals surface area contributed by atoms with Gasteiger partial charge in [0.15, 0.2) is 5.78 Å². The van der Waals surface area contributed by atoms with Crippen molar-refractivity contribution in [2.75, 3.05) is 6.54 Å². The van der Waals surface area contributed by atoms with Crippen LogP contribution in [0.15, 0.2) is 18.2 Å². The largest absolute Gasteiger partial charge is 0.349 e. The third-order valence-electron chi connectivity index (χ3n) is 3.17. The molecule has 0 fully saturated rings. The summed E-state index contributed by atoms with van der Waals surface area (Å²) in [5.41, 5.74) is 3.37. The molecule has 0 spiro atoms. The Hall–Kier alpha value is -1.64. The van der Waals surface area contributed by atoms with Crippen LogP contribution in [-0.4, -0.2) is 18.2 Å². The number of hydrogen-bond acceptors (Lipinski definition) is 2. The van der Waals surface area contributed by atoms with Crippen LogP contribution in [0.2, 0.25) is 0 Å². The van der Waals surface area contributed by atoms with Crippen molar-refractivity contribution in [3.05, 3.63) is 34.9 Å². The normalized spacial score (nSPS) is 13.9. The molecular weight excluding hydrogens is 214 g/mol. The number of fused-ring (bicyclic) bond motifs is 1. The molecular formula is C14H17NO2. The quantitative estimate of drug-likeness (QED) is 0.807. The molecule has 1 N–H and O–H groups in total. The third-order valence-corrected chi connectivity index (χ3v) is 3.17. The fourth-order valence-corrected chi connectivity index (χ4v) is 2.21. The predicted molar refractivity (Wildman–Crippen MR) is 66.1 cm³/mol. The Morgan fingerprint density at radius 3 is 2.59 bits per heavy atom. The van der Waals surface area contributed by atoms with Gasteiger partial charge in [-0.05, 0) is 42.9 Å². The van der Waals surface area contributed by atoms with Gasteiger partial charge in [-0.1, -0.05) is 12.1 Å². The van der Waals surface area contributed by atoms with Crippen LogP contribution in [0.4, 0.5) is 0 Å². The summed E-state index contributed by atoms with van der Waals surface area (Å²) in [4.78, 5) is 22.6. The number of carbonyl (C=O) groups excluding carboxylic acids is 2. The van der Waals surface area contributed by atoms with Crippen molar-refractivity contribution in [3.63, 3.8) is 0 Å². The summed E-state index contributed by atoms with van der Waals surface area (Å²) in [5.74, 6) is -0.190. The molecule has 0 heterocycles. The summed E-state index contributed by atoms with van der Waals surface area (Å²) in [6.45, 7) is 1.51. The SMILES string of the molecule is CC(=O)NCC(=O)c1ccc2c(c1)CCCC2. The maximum atomic E-state index is 11.8. The Morgan fingerprint density at radius 2 is 1.88 bits per heavy atom. The lowest BCUT2D eigenvalue weighted by molar-refractivity contribution is -0.118. The van der Waals surface area contributed by atoms with Crippen LogP contribution in [0.3, 0.4) is 0 Å². The summed E-state index contributed by atoms with van der Waals surface area (Å²) in [5, 5.41) is 2.54. The molecule has 2 rings (SSSR count). The molecule has 0 aromatic heterocycles. The monoisotopic (exact) mass is 231 g/mol. The lowest BCUT2D eigenvalue weighted by Gasteiger charge is -2.16. The van der Waals surface area contributed by atoms with Crippen LogP contribution < -0.4 is 5.32 Å². The van der Waals surface area contributed by atoms with Gasteiger partial charge in [0, 0.05) is 12.5 Å². The second-order valence-corrected chi connectivity index (χ2v) is 4.52. The molecule has 3 nitrogen and oxygen atoms in total. The molecule has 1 aliphatic rings. The van der Waals surface area contributed by atoms with Gasteiger partial charge in [0.05, 0.1) is 6.54 Å². The van der Waals surface area contributed by atoms with Crippen molar-refractivity contribution in [2.24, 2.45) is 0 Å². The van der Waals surface area contributed by atoms with E-state index in [9.17, 15) is 9.59 Å². The van der Waals surface area contributed by atoms with Gasteiger partial charge in [-0.15, -0.1) is 0 Å². The van der Waals surface area contributed by atoms with E-state index in [1.165, 1.54) is 30.9 Å². The van der Waals surface area contributed by atoms with E-state index in [-0.39, 0.29) is 18.2 Å². The number of hydrogen-bond donors (Lipinski definition) is 1. The van der Waals surface area contributed by atoms with Gasteiger partial charge < -0.3 is 5.32 Å². The van der Waals surface area contributed by atoms with Gasteiger partial charge in [-0.2, -0.15) is 0 Å². The maximum Gasteiger partial charge on any atom is 0.217 e. The summed E-state index contributed by atoms with van der Waals surface area (Å²) in [6.07, 6.45) is 4.63. The van der Waals surface area contributed by atoms with Crippen LogP contribution in [0.25, 0.3) is 0 Å². The van der Waals surface area contributed by atoms with Crippen LogP contribution in [0.5, 0.6) is 0 Å². The van der Waals surface area contributed by atoms with Gasteiger partial charge in [-0.3, -0.25) is 9.59 Å². The average molecular weight is 231 g/mol. The van der Waals surface area contributed by atoms with Gasteiger partial charge in [0.1, 0.15) is 0 Å². The Bertz CT molecular complexity index is 452. The standard InChI is InChI=1S/C14H17NO2/c1-10(16)15-9-14(17)13-7-6-11-4-2-3-5-12(11)8-13/h6-8H,2-5,9H2,1H3,(H,15,16). The van der Waals surface area contributed by atoms with Crippen molar-refractivity contribution >= 4 is 11.7 Å². The molecule has 0 unspecified atom stereocenters. The van der Waals surface area contributed by atoms with Crippen molar-refractivity contribution < 1.29 is 9.59 Å². The van der Waals surface area contributed by atoms with Crippen molar-refractivity contribution in [2.45, 2.75) is 32.6 Å². The minimum atomic E-state index is -0.170. The minimum Gasteiger partial charge on any atom is -0.349 e. The highest BCUT2D eigenvalue weighted by Crippen LogP contribution is 2.22. The van der Waals surface area contributed by atoms with E-state index in [1.54, 1.807) is 0 Å². The number of carbonyl (C=O) groups is 2. The summed E-state index contributed by atoms with van der Waals surface area (Å²) in [6, 6.07) is 5.91. The Balaban J connectivity index is 2.11. The molecule has 3 heteroatoms. The Morgan fingerprint density at radius 1 is 1.18 bits per heavy atom. The van der Waals surface area contributed by atoms with Crippen LogP contribution >= 0.6 is 0 Å². The predicted octanol–water partition coefficient (Wildman–Crippen LogP) is 1.88. The van der Waals surface area contributed by atoms with Crippen LogP contribution in [0, 0.1) is 0 Å². The molecule has 1 aromatic carbocycles. The van der Waals surface area contributed by atoms with E-state index in [0.29, 0.717) is 5.56 Å². The molecule has 90 valence electrons. The molecule has 0 saturated carbocycles. The lowest BCUT2D eigenvalue weighted by Crippen LogP contribution is -2.27. The van der Waals surface area contributed by atoms with Crippen LogP contribution in [0.1, 0.15) is 41.3 Å². The molecule has 1 aliphatic carbocycles. The van der Waals surface area contributed by atoms with Gasteiger partial charge in [0.25, 0.3) is 0 Å². The second-order valence-electron chi connectivity index (χ2n) is 4.52. The molecule has 0 bridgehead atoms. The maximum absolute atomic E-state index is 11.8. The van der Waals surface area contributed by atoms with E-state index in [4.69, 9.17) is 0 Å². The molecule has 0 atom stereocenters. The van der Waals surface area contributed by atoms with Crippen molar-refractivity contribution in [1.29, 1.82) is 0 Å². The smallest absolute Gasteiger partial charge is 0.217 e.